The first kappa shape index (κ1) is 22.8. The Morgan fingerprint density at radius 2 is 1.84 bits per heavy atom. The predicted molar refractivity (Wildman–Crippen MR) is 105 cm³/mol. The molecule has 1 N–H and O–H groups in total. The SMILES string of the molecule is Cc1nn(CCCN2CCN(c3ccc(F)cc3OCC(F)(F)F)CC2)c(=O)[nH]c1=O. The summed E-state index contributed by atoms with van der Waals surface area (Å²) in [5, 5.41) is 3.97. The average molecular weight is 445 g/mol. The molecule has 1 fully saturated rings. The standard InChI is InChI=1S/C19H23F4N5O3/c1-13-17(29)24-18(30)28(25-13)6-2-5-26-7-9-27(10-8-26)15-4-3-14(20)11-16(15)31-12-19(21,22)23/h3-4,11H,2,5-10,12H2,1H3,(H,24,29,30). The van der Waals surface area contributed by atoms with E-state index in [1.807, 2.05) is 4.90 Å². The van der Waals surface area contributed by atoms with Crippen LogP contribution < -0.4 is 20.9 Å². The molecule has 1 aliphatic heterocycles. The maximum atomic E-state index is 13.5. The van der Waals surface area contributed by atoms with Crippen LogP contribution in [0.4, 0.5) is 23.2 Å². The average Bonchev–Trinajstić information content (AvgIpc) is 2.70. The minimum absolute atomic E-state index is 0.135. The van der Waals surface area contributed by atoms with Crippen molar-refractivity contribution in [3.05, 3.63) is 50.5 Å². The van der Waals surface area contributed by atoms with Gasteiger partial charge in [-0.3, -0.25) is 14.7 Å². The number of alkyl halides is 3. The van der Waals surface area contributed by atoms with Gasteiger partial charge >= 0.3 is 11.9 Å². The van der Waals surface area contributed by atoms with Gasteiger partial charge in [-0.2, -0.15) is 18.3 Å². The Bertz CT molecular complexity index is 1010. The van der Waals surface area contributed by atoms with Crippen LogP contribution in [0.2, 0.25) is 0 Å². The molecule has 0 bridgehead atoms. The van der Waals surface area contributed by atoms with Gasteiger partial charge in [0.05, 0.1) is 5.69 Å². The molecular weight excluding hydrogens is 422 g/mol. The third-order valence-corrected chi connectivity index (χ3v) is 4.92. The van der Waals surface area contributed by atoms with Gasteiger partial charge in [0.15, 0.2) is 6.61 Å². The highest BCUT2D eigenvalue weighted by Gasteiger charge is 2.29. The quantitative estimate of drug-likeness (QED) is 0.651. The van der Waals surface area contributed by atoms with Gasteiger partial charge in [0, 0.05) is 45.3 Å². The third kappa shape index (κ3) is 6.29. The van der Waals surface area contributed by atoms with Crippen molar-refractivity contribution in [2.24, 2.45) is 0 Å². The van der Waals surface area contributed by atoms with Crippen LogP contribution in [-0.4, -0.2) is 65.2 Å². The molecule has 31 heavy (non-hydrogen) atoms. The summed E-state index contributed by atoms with van der Waals surface area (Å²) in [6.07, 6.45) is -3.88. The van der Waals surface area contributed by atoms with E-state index < -0.39 is 29.8 Å². The summed E-state index contributed by atoms with van der Waals surface area (Å²) in [7, 11) is 0. The van der Waals surface area contributed by atoms with Gasteiger partial charge in [-0.05, 0) is 25.5 Å². The minimum atomic E-state index is -4.51. The molecule has 0 amide bonds. The molecule has 0 spiro atoms. The molecule has 1 saturated heterocycles. The van der Waals surface area contributed by atoms with E-state index in [2.05, 4.69) is 15.0 Å². The molecule has 12 heteroatoms. The first-order chi connectivity index (χ1) is 14.6. The van der Waals surface area contributed by atoms with Crippen molar-refractivity contribution in [3.8, 4) is 5.75 Å². The molecule has 0 saturated carbocycles. The minimum Gasteiger partial charge on any atom is -0.482 e. The van der Waals surface area contributed by atoms with Gasteiger partial charge in [-0.15, -0.1) is 0 Å². The van der Waals surface area contributed by atoms with Crippen LogP contribution in [0.1, 0.15) is 12.1 Å². The molecule has 1 aliphatic rings. The van der Waals surface area contributed by atoms with Gasteiger partial charge in [0.2, 0.25) is 0 Å². The van der Waals surface area contributed by atoms with Crippen molar-refractivity contribution in [1.82, 2.24) is 19.7 Å². The van der Waals surface area contributed by atoms with E-state index in [0.717, 1.165) is 6.07 Å². The highest BCUT2D eigenvalue weighted by atomic mass is 19.4. The molecule has 2 heterocycles. The zero-order chi connectivity index (χ0) is 22.6. The summed E-state index contributed by atoms with van der Waals surface area (Å²) in [4.78, 5) is 29.3. The van der Waals surface area contributed by atoms with Gasteiger partial charge in [0.1, 0.15) is 17.3 Å². The second-order valence-corrected chi connectivity index (χ2v) is 7.27. The lowest BCUT2D eigenvalue weighted by Crippen LogP contribution is -2.47. The van der Waals surface area contributed by atoms with Crippen LogP contribution in [0.25, 0.3) is 0 Å². The summed E-state index contributed by atoms with van der Waals surface area (Å²) in [5.74, 6) is -0.800. The number of rotatable bonds is 7. The molecule has 0 unspecified atom stereocenters. The molecule has 3 rings (SSSR count). The number of nitrogens with one attached hydrogen (secondary N) is 1. The van der Waals surface area contributed by atoms with E-state index in [9.17, 15) is 27.2 Å². The van der Waals surface area contributed by atoms with Gasteiger partial charge in [-0.25, -0.2) is 13.9 Å². The number of nitrogens with zero attached hydrogens (tertiary/aromatic N) is 4. The second-order valence-electron chi connectivity index (χ2n) is 7.27. The van der Waals surface area contributed by atoms with Crippen LogP contribution in [0, 0.1) is 12.7 Å². The summed E-state index contributed by atoms with van der Waals surface area (Å²) in [6.45, 7) is 3.42. The molecule has 0 atom stereocenters. The largest absolute Gasteiger partial charge is 0.482 e. The summed E-state index contributed by atoms with van der Waals surface area (Å²) >= 11 is 0. The number of aromatic amines is 1. The van der Waals surface area contributed by atoms with Crippen molar-refractivity contribution in [2.75, 3.05) is 44.2 Å². The Morgan fingerprint density at radius 1 is 1.13 bits per heavy atom. The van der Waals surface area contributed by atoms with Crippen molar-refractivity contribution in [2.45, 2.75) is 26.1 Å². The Hall–Kier alpha value is -2.89. The molecule has 0 aliphatic carbocycles. The van der Waals surface area contributed by atoms with Crippen molar-refractivity contribution in [3.63, 3.8) is 0 Å². The van der Waals surface area contributed by atoms with Crippen molar-refractivity contribution >= 4 is 5.69 Å². The van der Waals surface area contributed by atoms with Crippen LogP contribution in [-0.2, 0) is 6.54 Å². The molecule has 1 aromatic carbocycles. The maximum Gasteiger partial charge on any atom is 0.422 e. The number of aromatic nitrogens is 3. The van der Waals surface area contributed by atoms with Crippen LogP contribution in [0.3, 0.4) is 0 Å². The van der Waals surface area contributed by atoms with Gasteiger partial charge < -0.3 is 9.64 Å². The fraction of sp³-hybridized carbons (Fsp3) is 0.526. The van der Waals surface area contributed by atoms with E-state index in [4.69, 9.17) is 4.74 Å². The Morgan fingerprint density at radius 3 is 2.52 bits per heavy atom. The molecule has 0 radical (unpaired) electrons. The van der Waals surface area contributed by atoms with E-state index in [-0.39, 0.29) is 11.4 Å². The molecule has 2 aromatic rings. The highest BCUT2D eigenvalue weighted by molar-refractivity contribution is 5.59. The van der Waals surface area contributed by atoms with Crippen LogP contribution in [0.15, 0.2) is 27.8 Å². The lowest BCUT2D eigenvalue weighted by molar-refractivity contribution is -0.153. The third-order valence-electron chi connectivity index (χ3n) is 4.92. The number of H-pyrrole nitrogens is 1. The number of hydrogen-bond acceptors (Lipinski definition) is 6. The molecular formula is C19H23F4N5O3. The Kier molecular flexibility index (Phi) is 6.98. The van der Waals surface area contributed by atoms with Crippen molar-refractivity contribution in [1.29, 1.82) is 0 Å². The summed E-state index contributed by atoms with van der Waals surface area (Å²) in [6, 6.07) is 3.58. The smallest absolute Gasteiger partial charge is 0.422 e. The maximum absolute atomic E-state index is 13.5. The lowest BCUT2D eigenvalue weighted by Gasteiger charge is -2.36. The normalized spacial score (nSPS) is 15.3. The van der Waals surface area contributed by atoms with E-state index >= 15 is 0 Å². The topological polar surface area (TPSA) is 83.5 Å². The number of benzene rings is 1. The van der Waals surface area contributed by atoms with Crippen LogP contribution in [0.5, 0.6) is 5.75 Å². The van der Waals surface area contributed by atoms with E-state index in [1.165, 1.54) is 23.7 Å². The first-order valence-corrected chi connectivity index (χ1v) is 9.77. The number of hydrogen-bond donors (Lipinski definition) is 1. The number of anilines is 1. The van der Waals surface area contributed by atoms with E-state index in [1.54, 1.807) is 0 Å². The Balaban J connectivity index is 1.53. The zero-order valence-corrected chi connectivity index (χ0v) is 16.9. The molecule has 170 valence electrons. The highest BCUT2D eigenvalue weighted by Crippen LogP contribution is 2.31. The molecule has 8 nitrogen and oxygen atoms in total. The van der Waals surface area contributed by atoms with Gasteiger partial charge in [0.25, 0.3) is 5.56 Å². The fourth-order valence-electron chi connectivity index (χ4n) is 3.36. The van der Waals surface area contributed by atoms with Crippen LogP contribution >= 0.6 is 0 Å². The number of aryl methyl sites for hydroxylation is 2. The number of ether oxygens (including phenoxy) is 1. The predicted octanol–water partition coefficient (Wildman–Crippen LogP) is 1.53. The number of halogens is 4. The molecule has 1 aromatic heterocycles. The number of piperazine rings is 1. The van der Waals surface area contributed by atoms with Crippen molar-refractivity contribution < 1.29 is 22.3 Å². The fourth-order valence-corrected chi connectivity index (χ4v) is 3.36. The summed E-state index contributed by atoms with van der Waals surface area (Å²) in [5.41, 5.74) is -0.416. The second kappa shape index (κ2) is 9.50. The van der Waals surface area contributed by atoms with Gasteiger partial charge in [-0.1, -0.05) is 0 Å². The Labute approximate surface area is 175 Å². The lowest BCUT2D eigenvalue weighted by atomic mass is 10.2. The monoisotopic (exact) mass is 445 g/mol. The first-order valence-electron chi connectivity index (χ1n) is 9.77. The van der Waals surface area contributed by atoms with E-state index in [0.29, 0.717) is 51.4 Å². The summed E-state index contributed by atoms with van der Waals surface area (Å²) < 4.78 is 57.0. The zero-order valence-electron chi connectivity index (χ0n) is 16.9.